The van der Waals surface area contributed by atoms with Crippen molar-refractivity contribution in [3.63, 3.8) is 0 Å². The summed E-state index contributed by atoms with van der Waals surface area (Å²) in [5.74, 6) is -1.30. The summed E-state index contributed by atoms with van der Waals surface area (Å²) in [6.45, 7) is 3.29. The highest BCUT2D eigenvalue weighted by molar-refractivity contribution is 5.66. The van der Waals surface area contributed by atoms with E-state index in [-0.39, 0.29) is 12.0 Å². The Balaban J connectivity index is 1.99. The van der Waals surface area contributed by atoms with E-state index in [0.717, 1.165) is 0 Å². The highest BCUT2D eigenvalue weighted by Crippen LogP contribution is 2.23. The lowest BCUT2D eigenvalue weighted by molar-refractivity contribution is -0.137. The zero-order valence-corrected chi connectivity index (χ0v) is 11.0. The second kappa shape index (κ2) is 6.35. The second-order valence-corrected chi connectivity index (χ2v) is 4.72. The highest BCUT2D eigenvalue weighted by atomic mass is 19.1. The fourth-order valence-electron chi connectivity index (χ4n) is 2.35. The largest absolute Gasteiger partial charge is 0.481 e. The molecule has 1 aliphatic rings. The van der Waals surface area contributed by atoms with Gasteiger partial charge in [0.25, 0.3) is 0 Å². The molecule has 0 spiro atoms. The lowest BCUT2D eigenvalue weighted by Crippen LogP contribution is -2.47. The number of carboxylic acids is 1. The van der Waals surface area contributed by atoms with Crippen LogP contribution in [0.3, 0.4) is 0 Å². The summed E-state index contributed by atoms with van der Waals surface area (Å²) < 4.78 is 13.6. The van der Waals surface area contributed by atoms with E-state index in [1.165, 1.54) is 6.07 Å². The van der Waals surface area contributed by atoms with Crippen molar-refractivity contribution in [2.24, 2.45) is 0 Å². The van der Waals surface area contributed by atoms with Crippen molar-refractivity contribution in [1.82, 2.24) is 4.90 Å². The maximum Gasteiger partial charge on any atom is 0.304 e. The first-order valence-electron chi connectivity index (χ1n) is 6.49. The van der Waals surface area contributed by atoms with Gasteiger partial charge in [0.05, 0.1) is 12.1 Å². The fourth-order valence-corrected chi connectivity index (χ4v) is 2.35. The number of piperazine rings is 1. The van der Waals surface area contributed by atoms with E-state index < -0.39 is 11.8 Å². The number of hydrogen-bond acceptors (Lipinski definition) is 4. The highest BCUT2D eigenvalue weighted by Gasteiger charge is 2.20. The molecule has 1 aliphatic heterocycles. The number of nitrogens with zero attached hydrogens (tertiary/aromatic N) is 3. The third kappa shape index (κ3) is 3.25. The quantitative estimate of drug-likeness (QED) is 0.898. The van der Waals surface area contributed by atoms with E-state index in [0.29, 0.717) is 38.4 Å². The molecule has 0 radical (unpaired) electrons. The lowest BCUT2D eigenvalue weighted by atomic mass is 10.1. The smallest absolute Gasteiger partial charge is 0.304 e. The number of halogens is 1. The predicted molar refractivity (Wildman–Crippen MR) is 72.0 cm³/mol. The summed E-state index contributed by atoms with van der Waals surface area (Å²) in [4.78, 5) is 14.6. The van der Waals surface area contributed by atoms with Crippen LogP contribution in [0.25, 0.3) is 0 Å². The minimum atomic E-state index is -0.802. The lowest BCUT2D eigenvalue weighted by Gasteiger charge is -2.36. The molecule has 2 rings (SSSR count). The molecule has 1 fully saturated rings. The van der Waals surface area contributed by atoms with Crippen LogP contribution in [0.4, 0.5) is 10.1 Å². The molecule has 0 aliphatic carbocycles. The van der Waals surface area contributed by atoms with Gasteiger partial charge < -0.3 is 10.0 Å². The number of carbonyl (C=O) groups is 1. The van der Waals surface area contributed by atoms with E-state index in [1.54, 1.807) is 12.1 Å². The van der Waals surface area contributed by atoms with E-state index in [4.69, 9.17) is 10.4 Å². The van der Waals surface area contributed by atoms with Crippen molar-refractivity contribution in [1.29, 1.82) is 5.26 Å². The van der Waals surface area contributed by atoms with Crippen LogP contribution in [0.15, 0.2) is 18.2 Å². The van der Waals surface area contributed by atoms with Crippen molar-refractivity contribution in [2.45, 2.75) is 6.42 Å². The van der Waals surface area contributed by atoms with Gasteiger partial charge in [0, 0.05) is 32.7 Å². The minimum absolute atomic E-state index is 0.0754. The minimum Gasteiger partial charge on any atom is -0.481 e. The fraction of sp³-hybridized carbons (Fsp3) is 0.429. The number of carboxylic acid groups (broad SMARTS) is 1. The topological polar surface area (TPSA) is 67.6 Å². The Hall–Kier alpha value is -2.13. The van der Waals surface area contributed by atoms with Crippen molar-refractivity contribution in [3.05, 3.63) is 29.6 Å². The van der Waals surface area contributed by atoms with Crippen LogP contribution in [0, 0.1) is 17.1 Å². The maximum atomic E-state index is 13.6. The number of anilines is 1. The molecule has 1 aromatic carbocycles. The molecule has 1 N–H and O–H groups in total. The van der Waals surface area contributed by atoms with Crippen LogP contribution in [0.5, 0.6) is 0 Å². The Morgan fingerprint density at radius 2 is 2.05 bits per heavy atom. The van der Waals surface area contributed by atoms with Crippen LogP contribution in [-0.4, -0.2) is 48.7 Å². The summed E-state index contributed by atoms with van der Waals surface area (Å²) in [7, 11) is 0. The summed E-state index contributed by atoms with van der Waals surface area (Å²) in [6, 6.07) is 6.53. The molecule has 6 heteroatoms. The van der Waals surface area contributed by atoms with Gasteiger partial charge in [-0.2, -0.15) is 5.26 Å². The molecule has 1 aromatic rings. The molecule has 5 nitrogen and oxygen atoms in total. The van der Waals surface area contributed by atoms with Crippen LogP contribution in [0.2, 0.25) is 0 Å². The number of hydrogen-bond donors (Lipinski definition) is 1. The van der Waals surface area contributed by atoms with Crippen LogP contribution in [-0.2, 0) is 4.79 Å². The first kappa shape index (κ1) is 14.3. The normalized spacial score (nSPS) is 15.9. The standard InChI is InChI=1S/C14H16FN3O2/c15-12-2-1-3-13(11(12)10-16)18-8-6-17(7-9-18)5-4-14(19)20/h1-3H,4-9H2,(H,19,20). The first-order chi connectivity index (χ1) is 9.61. The van der Waals surface area contributed by atoms with Gasteiger partial charge in [-0.1, -0.05) is 6.07 Å². The van der Waals surface area contributed by atoms with E-state index in [2.05, 4.69) is 4.90 Å². The Morgan fingerprint density at radius 3 is 2.65 bits per heavy atom. The van der Waals surface area contributed by atoms with Crippen molar-refractivity contribution < 1.29 is 14.3 Å². The molecule has 0 amide bonds. The van der Waals surface area contributed by atoms with E-state index in [9.17, 15) is 9.18 Å². The molecule has 106 valence electrons. The number of benzene rings is 1. The van der Waals surface area contributed by atoms with E-state index >= 15 is 0 Å². The third-order valence-corrected chi connectivity index (χ3v) is 3.46. The first-order valence-corrected chi connectivity index (χ1v) is 6.49. The van der Waals surface area contributed by atoms with Gasteiger partial charge in [-0.05, 0) is 12.1 Å². The maximum absolute atomic E-state index is 13.6. The average molecular weight is 277 g/mol. The molecule has 0 aromatic heterocycles. The summed E-state index contributed by atoms with van der Waals surface area (Å²) in [6.07, 6.45) is 0.128. The predicted octanol–water partition coefficient (Wildman–Crippen LogP) is 1.29. The molecule has 0 saturated carbocycles. The number of nitriles is 1. The van der Waals surface area contributed by atoms with Crippen LogP contribution in [0.1, 0.15) is 12.0 Å². The van der Waals surface area contributed by atoms with Crippen LogP contribution >= 0.6 is 0 Å². The zero-order valence-electron chi connectivity index (χ0n) is 11.0. The van der Waals surface area contributed by atoms with Gasteiger partial charge in [0.1, 0.15) is 17.4 Å². The summed E-state index contributed by atoms with van der Waals surface area (Å²) in [5, 5.41) is 17.7. The Labute approximate surface area is 116 Å². The summed E-state index contributed by atoms with van der Waals surface area (Å²) in [5.41, 5.74) is 0.692. The van der Waals surface area contributed by atoms with Gasteiger partial charge in [0.15, 0.2) is 0 Å². The van der Waals surface area contributed by atoms with Crippen LogP contribution < -0.4 is 4.90 Å². The average Bonchev–Trinajstić information content (AvgIpc) is 2.45. The van der Waals surface area contributed by atoms with Gasteiger partial charge in [-0.15, -0.1) is 0 Å². The molecule has 1 heterocycles. The molecule has 1 saturated heterocycles. The van der Waals surface area contributed by atoms with E-state index in [1.807, 2.05) is 11.0 Å². The Bertz CT molecular complexity index is 534. The molecule has 20 heavy (non-hydrogen) atoms. The number of aliphatic carboxylic acids is 1. The van der Waals surface area contributed by atoms with Crippen molar-refractivity contribution in [3.8, 4) is 6.07 Å². The zero-order chi connectivity index (χ0) is 14.5. The second-order valence-electron chi connectivity index (χ2n) is 4.72. The molecule has 0 unspecified atom stereocenters. The van der Waals surface area contributed by atoms with Gasteiger partial charge in [-0.25, -0.2) is 4.39 Å². The third-order valence-electron chi connectivity index (χ3n) is 3.46. The molecular weight excluding hydrogens is 261 g/mol. The van der Waals surface area contributed by atoms with Gasteiger partial charge in [0.2, 0.25) is 0 Å². The molecule has 0 atom stereocenters. The molecule has 0 bridgehead atoms. The molecular formula is C14H16FN3O2. The van der Waals surface area contributed by atoms with Gasteiger partial charge in [-0.3, -0.25) is 9.69 Å². The van der Waals surface area contributed by atoms with Crippen molar-refractivity contribution >= 4 is 11.7 Å². The Kier molecular flexibility index (Phi) is 4.53. The Morgan fingerprint density at radius 1 is 1.35 bits per heavy atom. The number of rotatable bonds is 4. The SMILES string of the molecule is N#Cc1c(F)cccc1N1CCN(CCC(=O)O)CC1. The summed E-state index contributed by atoms with van der Waals surface area (Å²) >= 11 is 0. The monoisotopic (exact) mass is 277 g/mol. The van der Waals surface area contributed by atoms with Crippen molar-refractivity contribution in [2.75, 3.05) is 37.6 Å². The van der Waals surface area contributed by atoms with Gasteiger partial charge >= 0.3 is 5.97 Å².